The maximum atomic E-state index is 15.5. The summed E-state index contributed by atoms with van der Waals surface area (Å²) in [6.07, 6.45) is 1.77. The van der Waals surface area contributed by atoms with Crippen molar-refractivity contribution in [2.75, 3.05) is 24.6 Å². The van der Waals surface area contributed by atoms with Gasteiger partial charge in [0.25, 0.3) is 5.91 Å². The van der Waals surface area contributed by atoms with E-state index in [2.05, 4.69) is 83.1 Å². The van der Waals surface area contributed by atoms with Crippen LogP contribution in [0.1, 0.15) is 112 Å². The number of nitrogens with one attached hydrogen (secondary N) is 11. The maximum Gasteiger partial charge on any atom is 0.340 e. The number of para-hydroxylation sites is 2. The predicted octanol–water partition coefficient (Wildman–Crippen LogP) is 4.62. The van der Waals surface area contributed by atoms with E-state index in [1.165, 1.54) is 49.4 Å². The van der Waals surface area contributed by atoms with E-state index in [0.717, 1.165) is 0 Å². The van der Waals surface area contributed by atoms with E-state index in [9.17, 15) is 53.7 Å². The number of thiol groups is 2. The van der Waals surface area contributed by atoms with Gasteiger partial charge in [-0.2, -0.15) is 25.3 Å². The Kier molecular flexibility index (Phi) is 27.8. The number of aromatic nitrogens is 2. The molecule has 596 valence electrons. The molecule has 10 amide bonds. The Bertz CT molecular complexity index is 4970. The fraction of sp³-hybridized carbons (Fsp3) is 0.313. The molecule has 2 aliphatic heterocycles. The van der Waals surface area contributed by atoms with Gasteiger partial charge >= 0.3 is 5.97 Å². The van der Waals surface area contributed by atoms with Crippen LogP contribution in [-0.2, 0) is 79.2 Å². The van der Waals surface area contributed by atoms with Crippen molar-refractivity contribution >= 4 is 112 Å². The molecule has 31 heteroatoms. The summed E-state index contributed by atoms with van der Waals surface area (Å²) in [7, 11) is 0. The number of aromatic hydroxyl groups is 2. The summed E-state index contributed by atoms with van der Waals surface area (Å²) in [5.74, 6) is -8.37. The van der Waals surface area contributed by atoms with Crippen LogP contribution < -0.4 is 64.1 Å². The number of carbonyl (C=O) groups is 11. The average molecular weight is 1590 g/mol. The number of primary amides is 1. The average Bonchev–Trinajstić information content (AvgIpc) is 1.49. The summed E-state index contributed by atoms with van der Waals surface area (Å²) in [5, 5.41) is 58.1. The molecule has 9 atom stereocenters. The number of unbranched alkanes of at least 4 members (excludes halogenated alkanes) is 1. The van der Waals surface area contributed by atoms with Gasteiger partial charge in [-0.3, -0.25) is 47.9 Å². The Labute approximate surface area is 666 Å². The van der Waals surface area contributed by atoms with Gasteiger partial charge in [0, 0.05) is 107 Å². The third-order valence-corrected chi connectivity index (χ3v) is 20.5. The number of esters is 1. The van der Waals surface area contributed by atoms with Crippen LogP contribution in [0.15, 0.2) is 176 Å². The summed E-state index contributed by atoms with van der Waals surface area (Å²) in [6, 6.07) is 33.6. The zero-order valence-electron chi connectivity index (χ0n) is 62.2. The van der Waals surface area contributed by atoms with Crippen LogP contribution in [-0.4, -0.2) is 169 Å². The fourth-order valence-corrected chi connectivity index (χ4v) is 14.6. The number of fused-ring (bicyclic) bond motifs is 8. The predicted molar refractivity (Wildman–Crippen MR) is 430 cm³/mol. The second-order valence-electron chi connectivity index (χ2n) is 28.1. The number of aliphatic hydroxyl groups excluding tert-OH is 1. The first kappa shape index (κ1) is 82.8. The molecule has 2 aromatic heterocycles. The van der Waals surface area contributed by atoms with Crippen molar-refractivity contribution in [3.05, 3.63) is 226 Å². The number of benzene rings is 7. The largest absolute Gasteiger partial charge is 0.508 e. The van der Waals surface area contributed by atoms with Crippen LogP contribution in [0.2, 0.25) is 0 Å². The minimum atomic E-state index is -1.73. The molecule has 114 heavy (non-hydrogen) atoms. The summed E-state index contributed by atoms with van der Waals surface area (Å²) < 4.78 is 12.2. The third-order valence-electron chi connectivity index (χ3n) is 20.0. The molecule has 0 unspecified atom stereocenters. The summed E-state index contributed by atoms with van der Waals surface area (Å²) >= 11 is 8.60. The number of aliphatic hydroxyl groups is 1. The lowest BCUT2D eigenvalue weighted by molar-refractivity contribution is -0.137. The van der Waals surface area contributed by atoms with E-state index < -0.39 is 125 Å². The summed E-state index contributed by atoms with van der Waals surface area (Å²) in [5.41, 5.74) is 15.0. The van der Waals surface area contributed by atoms with E-state index in [4.69, 9.17) is 20.9 Å². The fourth-order valence-electron chi connectivity index (χ4n) is 14.1. The molecule has 9 aromatic rings. The molecule has 7 aromatic carbocycles. The van der Waals surface area contributed by atoms with Crippen molar-refractivity contribution in [3.63, 3.8) is 0 Å². The number of carbonyl (C=O) groups excluding carboxylic acids is 11. The third kappa shape index (κ3) is 20.2. The van der Waals surface area contributed by atoms with Gasteiger partial charge in [0.15, 0.2) is 5.60 Å². The number of phenols is 2. The Morgan fingerprint density at radius 2 is 0.947 bits per heavy atom. The van der Waals surface area contributed by atoms with E-state index >= 15 is 14.4 Å². The van der Waals surface area contributed by atoms with E-state index in [-0.39, 0.29) is 123 Å². The molecule has 0 fully saturated rings. The normalized spacial score (nSPS) is 14.7. The number of amides is 10. The molecule has 2 aliphatic rings. The second kappa shape index (κ2) is 38.4. The zero-order chi connectivity index (χ0) is 81.2. The van der Waals surface area contributed by atoms with Crippen LogP contribution in [0, 0.1) is 0 Å². The minimum absolute atomic E-state index is 0.00172. The van der Waals surface area contributed by atoms with Crippen molar-refractivity contribution < 1.29 is 77.5 Å². The van der Waals surface area contributed by atoms with Crippen molar-refractivity contribution in [2.24, 2.45) is 11.5 Å². The molecule has 0 saturated heterocycles. The molecule has 29 nitrogen and oxygen atoms in total. The molecule has 0 aliphatic carbocycles. The van der Waals surface area contributed by atoms with E-state index in [0.29, 0.717) is 67.2 Å². The number of phenolic OH excluding ortho intramolecular Hbond substituents is 2. The lowest BCUT2D eigenvalue weighted by Gasteiger charge is -2.36. The number of hydrogen-bond donors (Lipinski definition) is 18. The first-order chi connectivity index (χ1) is 54.9. The first-order valence-corrected chi connectivity index (χ1v) is 38.7. The van der Waals surface area contributed by atoms with E-state index in [1.54, 1.807) is 97.3 Å². The van der Waals surface area contributed by atoms with Gasteiger partial charge in [-0.05, 0) is 140 Å². The van der Waals surface area contributed by atoms with Crippen molar-refractivity contribution in [1.29, 1.82) is 0 Å². The SMILES string of the molecule is C[C@@H](O)[C@H](NC(=O)[C@H](CCCCN)NC(=O)[C@@H](Cc1c[nH]c2ccccc12)NC(=O)[C@H](Cc1c[nH]c2ccccc12)NC(=O)[C@H](Cc1ccccc1)NC(=O)[C@H](CCS)NC(=O)CCCNC(=O)c1ccc2c(c1)C1(OC2=O)c2ccc(O)cc2Oc2cc(O)ccc21)C(=O)N[C@@H](Cc1ccccc1)C(=O)N[C@@H](CCS)C(N)=O. The Morgan fingerprint density at radius 3 is 1.46 bits per heavy atom. The Morgan fingerprint density at radius 1 is 0.491 bits per heavy atom. The first-order valence-electron chi connectivity index (χ1n) is 37.5. The van der Waals surface area contributed by atoms with Gasteiger partial charge in [0.1, 0.15) is 71.3 Å². The smallest absolute Gasteiger partial charge is 0.340 e. The Balaban J connectivity index is 0.802. The van der Waals surface area contributed by atoms with Crippen LogP contribution in [0.25, 0.3) is 21.8 Å². The summed E-state index contributed by atoms with van der Waals surface area (Å²) in [4.78, 5) is 164. The number of H-pyrrole nitrogens is 2. The highest BCUT2D eigenvalue weighted by Crippen LogP contribution is 2.57. The van der Waals surface area contributed by atoms with E-state index in [1.807, 2.05) is 36.4 Å². The second-order valence-corrected chi connectivity index (χ2v) is 29.0. The van der Waals surface area contributed by atoms with Gasteiger partial charge in [-0.25, -0.2) is 4.79 Å². The molecule has 18 N–H and O–H groups in total. The number of hydrogen-bond acceptors (Lipinski definition) is 19. The Hall–Kier alpha value is -12.2. The van der Waals surface area contributed by atoms with Crippen molar-refractivity contribution in [3.8, 4) is 23.0 Å². The number of rotatable bonds is 38. The van der Waals surface area contributed by atoms with Gasteiger partial charge in [-0.1, -0.05) is 97.1 Å². The van der Waals surface area contributed by atoms with Crippen LogP contribution in [0.5, 0.6) is 23.0 Å². The molecule has 0 saturated carbocycles. The molecular weight excluding hydrogens is 1500 g/mol. The van der Waals surface area contributed by atoms with Gasteiger partial charge in [0.05, 0.1) is 11.7 Å². The molecule has 11 rings (SSSR count). The maximum absolute atomic E-state index is 15.5. The lowest BCUT2D eigenvalue weighted by Crippen LogP contribution is -2.62. The molecule has 0 radical (unpaired) electrons. The van der Waals surface area contributed by atoms with Gasteiger partial charge < -0.3 is 94.1 Å². The quantitative estimate of drug-likeness (QED) is 0.0143. The minimum Gasteiger partial charge on any atom is -0.508 e. The lowest BCUT2D eigenvalue weighted by atomic mass is 9.77. The van der Waals surface area contributed by atoms with Crippen LogP contribution in [0.4, 0.5) is 0 Å². The van der Waals surface area contributed by atoms with Crippen LogP contribution >= 0.6 is 25.3 Å². The number of nitrogens with two attached hydrogens (primary N) is 2. The molecule has 4 heterocycles. The van der Waals surface area contributed by atoms with Crippen molar-refractivity contribution in [1.82, 2.24) is 57.8 Å². The standard InChI is InChI=1S/C83H91N13O16S2/c1-46(97)72(81(109)95-66(38-48-17-6-3-7-18-48)77(105)90-62(31-35-113)73(85)101)96-76(104)63(23-12-13-33-84)91-79(107)67(40-50-44-87-60-21-10-8-19-54(50)60)94-80(108)68(41-51-45-88-61-22-11-9-20-55(51)61)93-78(106)65(37-47-15-4-2-5-16-47)92-75(103)64(32-36-114)89-71(100)24-14-34-86-74(102)49-25-28-56-59(39-49)83(112-82(56)110)57-29-26-52(98)42-69(57)111-70-43-53(99)27-30-58(70)83/h2-11,15-22,25-30,39,42-46,62-68,72,87-88,97-99,113-114H,12-14,23-24,31-38,40-41,84H2,1H3,(H2,85,101)(H,86,102)(H,89,100)(H,90,105)(H,91,107)(H,92,103)(H,93,106)(H,94,108)(H,95,109)(H,96,104)/t46-,62+,63+,64+,65+,66+,67-,68+,72+/m1/s1. The van der Waals surface area contributed by atoms with Gasteiger partial charge in [0.2, 0.25) is 53.2 Å². The highest BCUT2D eigenvalue weighted by Gasteiger charge is 2.54. The monoisotopic (exact) mass is 1590 g/mol. The topological polar surface area (TPSA) is 459 Å². The number of ether oxygens (including phenoxy) is 2. The highest BCUT2D eigenvalue weighted by atomic mass is 32.1. The summed E-state index contributed by atoms with van der Waals surface area (Å²) in [6.45, 7) is 1.43. The highest BCUT2D eigenvalue weighted by molar-refractivity contribution is 7.80. The van der Waals surface area contributed by atoms with Crippen LogP contribution in [0.3, 0.4) is 0 Å². The van der Waals surface area contributed by atoms with Crippen molar-refractivity contribution in [2.45, 2.75) is 138 Å². The molecular formula is C83H91N13O16S2. The zero-order valence-corrected chi connectivity index (χ0v) is 64.0. The molecule has 1 spiro atoms. The number of aromatic amines is 2. The van der Waals surface area contributed by atoms with Gasteiger partial charge in [-0.15, -0.1) is 0 Å². The molecule has 0 bridgehead atoms.